The van der Waals surface area contributed by atoms with Gasteiger partial charge in [0.05, 0.1) is 16.1 Å². The van der Waals surface area contributed by atoms with E-state index in [1.165, 1.54) is 30.3 Å². The SMILES string of the molecule is O=C(O)c1ccc(Br)cc1NS(=O)(=O)c1ccc(I)cc1. The Morgan fingerprint density at radius 2 is 1.76 bits per heavy atom. The molecule has 2 aromatic carbocycles. The van der Waals surface area contributed by atoms with E-state index in [4.69, 9.17) is 5.11 Å². The van der Waals surface area contributed by atoms with Crippen LogP contribution in [0.3, 0.4) is 0 Å². The number of carbonyl (C=O) groups is 1. The molecule has 0 saturated heterocycles. The minimum Gasteiger partial charge on any atom is -0.478 e. The van der Waals surface area contributed by atoms with E-state index in [0.29, 0.717) is 4.47 Å². The fraction of sp³-hybridized carbons (Fsp3) is 0. The van der Waals surface area contributed by atoms with Crippen molar-refractivity contribution in [3.63, 3.8) is 0 Å². The number of aromatic carboxylic acids is 1. The van der Waals surface area contributed by atoms with Crippen molar-refractivity contribution in [3.8, 4) is 0 Å². The molecule has 0 aliphatic carbocycles. The zero-order valence-corrected chi connectivity index (χ0v) is 14.9. The molecule has 0 saturated carbocycles. The Balaban J connectivity index is 2.43. The van der Waals surface area contributed by atoms with Crippen LogP contribution in [0.15, 0.2) is 51.8 Å². The third-order valence-corrected chi connectivity index (χ3v) is 5.17. The van der Waals surface area contributed by atoms with Crippen LogP contribution in [0.5, 0.6) is 0 Å². The van der Waals surface area contributed by atoms with Crippen LogP contribution >= 0.6 is 38.5 Å². The van der Waals surface area contributed by atoms with Crippen LogP contribution in [0.4, 0.5) is 5.69 Å². The Hall–Kier alpha value is -1.13. The van der Waals surface area contributed by atoms with Crippen LogP contribution in [0.1, 0.15) is 10.4 Å². The first-order chi connectivity index (χ1) is 9.79. The lowest BCUT2D eigenvalue weighted by Gasteiger charge is -2.11. The summed E-state index contributed by atoms with van der Waals surface area (Å²) in [4.78, 5) is 11.2. The molecule has 0 heterocycles. The summed E-state index contributed by atoms with van der Waals surface area (Å²) < 4.78 is 28.3. The Morgan fingerprint density at radius 3 is 2.33 bits per heavy atom. The first-order valence-corrected chi connectivity index (χ1v) is 8.96. The summed E-state index contributed by atoms with van der Waals surface area (Å²) in [6, 6.07) is 10.5. The van der Waals surface area contributed by atoms with Gasteiger partial charge in [0.15, 0.2) is 0 Å². The topological polar surface area (TPSA) is 83.5 Å². The zero-order valence-electron chi connectivity index (χ0n) is 10.4. The van der Waals surface area contributed by atoms with Crippen molar-refractivity contribution in [3.05, 3.63) is 56.1 Å². The predicted molar refractivity (Wildman–Crippen MR) is 91.1 cm³/mol. The number of carboxylic acid groups (broad SMARTS) is 1. The fourth-order valence-electron chi connectivity index (χ4n) is 1.60. The molecule has 110 valence electrons. The number of carboxylic acids is 1. The molecule has 5 nitrogen and oxygen atoms in total. The van der Waals surface area contributed by atoms with Gasteiger partial charge in [0.1, 0.15) is 0 Å². The van der Waals surface area contributed by atoms with E-state index in [-0.39, 0.29) is 16.1 Å². The van der Waals surface area contributed by atoms with Gasteiger partial charge in [-0.05, 0) is 65.1 Å². The zero-order chi connectivity index (χ0) is 15.6. The lowest BCUT2D eigenvalue weighted by atomic mass is 10.2. The molecule has 0 aromatic heterocycles. The standard InChI is InChI=1S/C13H9BrINO4S/c14-8-1-6-11(13(17)18)12(7-8)16-21(19,20)10-4-2-9(15)3-5-10/h1-7,16H,(H,17,18). The number of rotatable bonds is 4. The Kier molecular flexibility index (Phi) is 4.89. The minimum atomic E-state index is -3.84. The summed E-state index contributed by atoms with van der Waals surface area (Å²) in [6.07, 6.45) is 0. The second-order valence-corrected chi connectivity index (χ2v) is 7.90. The molecule has 0 bridgehead atoms. The third-order valence-electron chi connectivity index (χ3n) is 2.58. The highest BCUT2D eigenvalue weighted by Gasteiger charge is 2.18. The van der Waals surface area contributed by atoms with E-state index in [1.807, 2.05) is 0 Å². The van der Waals surface area contributed by atoms with Gasteiger partial charge < -0.3 is 5.11 Å². The molecule has 0 radical (unpaired) electrons. The van der Waals surface area contributed by atoms with E-state index < -0.39 is 16.0 Å². The molecule has 2 aromatic rings. The smallest absolute Gasteiger partial charge is 0.337 e. The van der Waals surface area contributed by atoms with E-state index >= 15 is 0 Å². The summed E-state index contributed by atoms with van der Waals surface area (Å²) >= 11 is 5.26. The molecular weight excluding hydrogens is 473 g/mol. The fourth-order valence-corrected chi connectivity index (χ4v) is 3.40. The van der Waals surface area contributed by atoms with Crippen molar-refractivity contribution >= 4 is 60.2 Å². The predicted octanol–water partition coefficient (Wildman–Crippen LogP) is 3.55. The highest BCUT2D eigenvalue weighted by Crippen LogP contribution is 2.24. The Morgan fingerprint density at radius 1 is 1.14 bits per heavy atom. The van der Waals surface area contributed by atoms with Crippen molar-refractivity contribution in [1.29, 1.82) is 0 Å². The van der Waals surface area contributed by atoms with Crippen LogP contribution in [-0.2, 0) is 10.0 Å². The normalized spacial score (nSPS) is 11.1. The van der Waals surface area contributed by atoms with Gasteiger partial charge >= 0.3 is 5.97 Å². The van der Waals surface area contributed by atoms with E-state index in [2.05, 4.69) is 43.2 Å². The van der Waals surface area contributed by atoms with Crippen LogP contribution in [0.25, 0.3) is 0 Å². The van der Waals surface area contributed by atoms with Crippen LogP contribution in [0.2, 0.25) is 0 Å². The van der Waals surface area contributed by atoms with Gasteiger partial charge in [-0.2, -0.15) is 0 Å². The number of hydrogen-bond donors (Lipinski definition) is 2. The van der Waals surface area contributed by atoms with Crippen molar-refractivity contribution in [2.75, 3.05) is 4.72 Å². The van der Waals surface area contributed by atoms with Crippen molar-refractivity contribution in [2.24, 2.45) is 0 Å². The molecule has 2 rings (SSSR count). The average molecular weight is 482 g/mol. The maximum Gasteiger partial charge on any atom is 0.337 e. The molecule has 21 heavy (non-hydrogen) atoms. The molecule has 2 N–H and O–H groups in total. The van der Waals surface area contributed by atoms with Crippen LogP contribution < -0.4 is 4.72 Å². The first-order valence-electron chi connectivity index (χ1n) is 5.61. The number of sulfonamides is 1. The molecule has 0 aliphatic rings. The Bertz CT molecular complexity index is 790. The summed E-state index contributed by atoms with van der Waals surface area (Å²) in [6.45, 7) is 0. The van der Waals surface area contributed by atoms with Gasteiger partial charge in [0.2, 0.25) is 0 Å². The number of benzene rings is 2. The van der Waals surface area contributed by atoms with Gasteiger partial charge in [0.25, 0.3) is 10.0 Å². The third kappa shape index (κ3) is 3.95. The molecule has 0 fully saturated rings. The lowest BCUT2D eigenvalue weighted by molar-refractivity contribution is 0.0698. The maximum absolute atomic E-state index is 12.3. The summed E-state index contributed by atoms with van der Waals surface area (Å²) in [5, 5.41) is 9.11. The molecule has 8 heteroatoms. The largest absolute Gasteiger partial charge is 0.478 e. The molecular formula is C13H9BrINO4S. The highest BCUT2D eigenvalue weighted by atomic mass is 127. The maximum atomic E-state index is 12.3. The quantitative estimate of drug-likeness (QED) is 0.654. The van der Waals surface area contributed by atoms with Gasteiger partial charge in [-0.15, -0.1) is 0 Å². The van der Waals surface area contributed by atoms with E-state index in [9.17, 15) is 13.2 Å². The number of hydrogen-bond acceptors (Lipinski definition) is 3. The number of halogens is 2. The summed E-state index contributed by atoms with van der Waals surface area (Å²) in [7, 11) is -3.84. The van der Waals surface area contributed by atoms with Gasteiger partial charge in [-0.25, -0.2) is 13.2 Å². The highest BCUT2D eigenvalue weighted by molar-refractivity contribution is 14.1. The molecule has 0 amide bonds. The van der Waals surface area contributed by atoms with Gasteiger partial charge in [-0.1, -0.05) is 15.9 Å². The molecule has 0 atom stereocenters. The molecule has 0 spiro atoms. The van der Waals surface area contributed by atoms with E-state index in [1.54, 1.807) is 12.1 Å². The average Bonchev–Trinajstić information content (AvgIpc) is 2.38. The van der Waals surface area contributed by atoms with Crippen LogP contribution in [-0.4, -0.2) is 19.5 Å². The molecule has 0 unspecified atom stereocenters. The summed E-state index contributed by atoms with van der Waals surface area (Å²) in [5.41, 5.74) is -0.109. The van der Waals surface area contributed by atoms with Gasteiger partial charge in [-0.3, -0.25) is 4.72 Å². The number of nitrogens with one attached hydrogen (secondary N) is 1. The monoisotopic (exact) mass is 481 g/mol. The second-order valence-electron chi connectivity index (χ2n) is 4.05. The summed E-state index contributed by atoms with van der Waals surface area (Å²) in [5.74, 6) is -1.21. The van der Waals surface area contributed by atoms with Crippen molar-refractivity contribution < 1.29 is 18.3 Å². The lowest BCUT2D eigenvalue weighted by Crippen LogP contribution is -2.15. The van der Waals surface area contributed by atoms with Crippen LogP contribution in [0, 0.1) is 3.57 Å². The number of anilines is 1. The molecule has 0 aliphatic heterocycles. The van der Waals surface area contributed by atoms with Gasteiger partial charge in [0, 0.05) is 8.04 Å². The van der Waals surface area contributed by atoms with Crippen molar-refractivity contribution in [2.45, 2.75) is 4.90 Å². The second kappa shape index (κ2) is 6.32. The Labute approximate surface area is 143 Å². The first kappa shape index (κ1) is 16.2. The van der Waals surface area contributed by atoms with Crippen molar-refractivity contribution in [1.82, 2.24) is 0 Å². The van der Waals surface area contributed by atoms with E-state index in [0.717, 1.165) is 3.57 Å². The minimum absolute atomic E-state index is 0.00965.